The van der Waals surface area contributed by atoms with Crippen LogP contribution in [0.1, 0.15) is 27.7 Å². The van der Waals surface area contributed by atoms with Crippen LogP contribution >= 0.6 is 0 Å². The lowest BCUT2D eigenvalue weighted by atomic mass is 10.7. The number of ether oxygens (including phenoxy) is 1. The van der Waals surface area contributed by atoms with Gasteiger partial charge in [0.15, 0.2) is 0 Å². The van der Waals surface area contributed by atoms with Gasteiger partial charge in [0.25, 0.3) is 0 Å². The fourth-order valence-corrected chi connectivity index (χ4v) is 5.64. The van der Waals surface area contributed by atoms with E-state index in [1.807, 2.05) is 6.92 Å². The van der Waals surface area contributed by atoms with Gasteiger partial charge in [-0.3, -0.25) is 0 Å². The van der Waals surface area contributed by atoms with E-state index < -0.39 is 19.8 Å². The molecule has 0 rings (SSSR count). The number of hydrogen-bond acceptors (Lipinski definition) is 2. The normalized spacial score (nSPS) is 14.0. The third-order valence-electron chi connectivity index (χ3n) is 3.23. The quantitative estimate of drug-likeness (QED) is 0.668. The summed E-state index contributed by atoms with van der Waals surface area (Å²) in [6, 6.07) is 2.95. The van der Waals surface area contributed by atoms with Crippen LogP contribution in [-0.2, 0) is 9.53 Å². The molecule has 0 aliphatic heterocycles. The van der Waals surface area contributed by atoms with Crippen molar-refractivity contribution in [2.45, 2.75) is 51.6 Å². The van der Waals surface area contributed by atoms with Gasteiger partial charge in [-0.1, -0.05) is 38.9 Å². The minimum absolute atomic E-state index is 0.492. The summed E-state index contributed by atoms with van der Waals surface area (Å²) in [5.41, 5.74) is -0.521. The van der Waals surface area contributed by atoms with Crippen LogP contribution in [0.3, 0.4) is 0 Å². The van der Waals surface area contributed by atoms with Crippen LogP contribution in [0, 0.1) is 0 Å². The molecule has 0 amide bonds. The van der Waals surface area contributed by atoms with Crippen LogP contribution in [0.5, 0.6) is 0 Å². The summed E-state index contributed by atoms with van der Waals surface area (Å²) >= 11 is 0. The third-order valence-corrected chi connectivity index (χ3v) is 8.98. The Morgan fingerprint density at radius 2 is 1.64 bits per heavy atom. The summed E-state index contributed by atoms with van der Waals surface area (Å²) in [5, 5.41) is 9.14. The lowest BCUT2D eigenvalue weighted by Crippen LogP contribution is -2.52. The zero-order valence-electron chi connectivity index (χ0n) is 9.67. The maximum Gasteiger partial charge on any atom is 0.329 e. The SMILES string of the molecule is CCOC(C(=O)O)[Si](CC)(CC)CC. The summed E-state index contributed by atoms with van der Waals surface area (Å²) in [4.78, 5) is 11.1. The first kappa shape index (κ1) is 13.6. The molecule has 0 fully saturated rings. The van der Waals surface area contributed by atoms with Crippen molar-refractivity contribution in [1.29, 1.82) is 0 Å². The van der Waals surface area contributed by atoms with E-state index in [4.69, 9.17) is 9.84 Å². The molecule has 0 aliphatic rings. The highest BCUT2D eigenvalue weighted by Crippen LogP contribution is 2.26. The molecule has 0 aromatic rings. The Kier molecular flexibility index (Phi) is 6.03. The van der Waals surface area contributed by atoms with E-state index in [2.05, 4.69) is 20.8 Å². The Bertz CT molecular complexity index is 170. The van der Waals surface area contributed by atoms with Gasteiger partial charge in [0.05, 0.1) is 0 Å². The van der Waals surface area contributed by atoms with Gasteiger partial charge in [-0.25, -0.2) is 4.79 Å². The van der Waals surface area contributed by atoms with Crippen molar-refractivity contribution in [3.8, 4) is 0 Å². The first-order chi connectivity index (χ1) is 6.57. The summed E-state index contributed by atoms with van der Waals surface area (Å²) in [7, 11) is -1.75. The first-order valence-corrected chi connectivity index (χ1v) is 8.12. The van der Waals surface area contributed by atoms with Crippen molar-refractivity contribution in [2.75, 3.05) is 6.61 Å². The number of carboxylic acid groups (broad SMARTS) is 1. The second kappa shape index (κ2) is 6.19. The second-order valence-electron chi connectivity index (χ2n) is 3.60. The van der Waals surface area contributed by atoms with Crippen LogP contribution in [0.15, 0.2) is 0 Å². The van der Waals surface area contributed by atoms with Crippen molar-refractivity contribution in [3.63, 3.8) is 0 Å². The van der Waals surface area contributed by atoms with Crippen LogP contribution in [-0.4, -0.2) is 31.5 Å². The van der Waals surface area contributed by atoms with Gasteiger partial charge < -0.3 is 9.84 Å². The zero-order chi connectivity index (χ0) is 11.2. The molecule has 4 heteroatoms. The highest BCUT2D eigenvalue weighted by molar-refractivity contribution is 6.83. The van der Waals surface area contributed by atoms with Crippen LogP contribution < -0.4 is 0 Å². The van der Waals surface area contributed by atoms with Gasteiger partial charge in [-0.05, 0) is 6.92 Å². The highest BCUT2D eigenvalue weighted by atomic mass is 28.3. The first-order valence-electron chi connectivity index (χ1n) is 5.42. The molecular weight excluding hydrogens is 196 g/mol. The molecular formula is C10H22O3Si. The number of carboxylic acids is 1. The predicted molar refractivity (Wildman–Crippen MR) is 60.2 cm³/mol. The van der Waals surface area contributed by atoms with Gasteiger partial charge in [-0.2, -0.15) is 0 Å². The Morgan fingerprint density at radius 3 is 1.86 bits per heavy atom. The molecule has 0 spiro atoms. The van der Waals surface area contributed by atoms with Crippen molar-refractivity contribution in [2.24, 2.45) is 0 Å². The van der Waals surface area contributed by atoms with Crippen molar-refractivity contribution in [3.05, 3.63) is 0 Å². The summed E-state index contributed by atoms with van der Waals surface area (Å²) in [6.45, 7) is 8.62. The Morgan fingerprint density at radius 1 is 1.21 bits per heavy atom. The molecule has 0 aliphatic carbocycles. The van der Waals surface area contributed by atoms with Gasteiger partial charge in [0.2, 0.25) is 0 Å². The second-order valence-corrected chi connectivity index (χ2v) is 8.97. The van der Waals surface area contributed by atoms with Crippen LogP contribution in [0.2, 0.25) is 18.1 Å². The molecule has 0 radical (unpaired) electrons. The van der Waals surface area contributed by atoms with Gasteiger partial charge in [0, 0.05) is 6.61 Å². The molecule has 3 nitrogen and oxygen atoms in total. The number of carbonyl (C=O) groups is 1. The van der Waals surface area contributed by atoms with Crippen molar-refractivity contribution < 1.29 is 14.6 Å². The fraction of sp³-hybridized carbons (Fsp3) is 0.900. The molecule has 1 N–H and O–H groups in total. The lowest BCUT2D eigenvalue weighted by molar-refractivity contribution is -0.145. The summed E-state index contributed by atoms with van der Waals surface area (Å²) < 4.78 is 5.40. The van der Waals surface area contributed by atoms with Crippen LogP contribution in [0.4, 0.5) is 0 Å². The molecule has 0 bridgehead atoms. The maximum atomic E-state index is 11.1. The van der Waals surface area contributed by atoms with E-state index in [1.165, 1.54) is 0 Å². The number of hydrogen-bond donors (Lipinski definition) is 1. The Labute approximate surface area is 87.5 Å². The standard InChI is InChI=1S/C10H22O3Si/c1-5-13-10(9(11)12)14(6-2,7-3)8-4/h10H,5-8H2,1-4H3,(H,11,12). The summed E-state index contributed by atoms with van der Waals surface area (Å²) in [6.07, 6.45) is 0. The smallest absolute Gasteiger partial charge is 0.329 e. The van der Waals surface area contributed by atoms with E-state index in [0.29, 0.717) is 6.61 Å². The maximum absolute atomic E-state index is 11.1. The van der Waals surface area contributed by atoms with Gasteiger partial charge in [-0.15, -0.1) is 0 Å². The molecule has 0 heterocycles. The van der Waals surface area contributed by atoms with E-state index in [0.717, 1.165) is 18.1 Å². The number of aliphatic carboxylic acids is 1. The summed E-state index contributed by atoms with van der Waals surface area (Å²) in [5.74, 6) is -0.774. The minimum Gasteiger partial charge on any atom is -0.480 e. The molecule has 0 aromatic carbocycles. The van der Waals surface area contributed by atoms with E-state index in [1.54, 1.807) is 0 Å². The monoisotopic (exact) mass is 218 g/mol. The molecule has 0 saturated carbocycles. The molecule has 84 valence electrons. The molecule has 1 atom stereocenters. The predicted octanol–water partition coefficient (Wildman–Crippen LogP) is 2.52. The lowest BCUT2D eigenvalue weighted by Gasteiger charge is -2.33. The van der Waals surface area contributed by atoms with E-state index in [9.17, 15) is 4.79 Å². The zero-order valence-corrected chi connectivity index (χ0v) is 10.7. The van der Waals surface area contributed by atoms with Crippen molar-refractivity contribution >= 4 is 14.0 Å². The van der Waals surface area contributed by atoms with Crippen LogP contribution in [0.25, 0.3) is 0 Å². The fourth-order valence-electron chi connectivity index (χ4n) is 1.98. The molecule has 1 unspecified atom stereocenters. The average molecular weight is 218 g/mol. The van der Waals surface area contributed by atoms with Gasteiger partial charge >= 0.3 is 5.97 Å². The molecule has 0 saturated heterocycles. The number of rotatable bonds is 7. The minimum atomic E-state index is -1.75. The molecule has 0 aromatic heterocycles. The van der Waals surface area contributed by atoms with Crippen molar-refractivity contribution in [1.82, 2.24) is 0 Å². The molecule has 14 heavy (non-hydrogen) atoms. The Hall–Kier alpha value is -0.353. The third kappa shape index (κ3) is 2.82. The topological polar surface area (TPSA) is 46.5 Å². The van der Waals surface area contributed by atoms with Gasteiger partial charge in [0.1, 0.15) is 13.8 Å². The highest BCUT2D eigenvalue weighted by Gasteiger charge is 2.41. The average Bonchev–Trinajstić information content (AvgIpc) is 2.19. The Balaban J connectivity index is 4.79. The largest absolute Gasteiger partial charge is 0.480 e. The van der Waals surface area contributed by atoms with E-state index >= 15 is 0 Å². The van der Waals surface area contributed by atoms with E-state index in [-0.39, 0.29) is 0 Å².